The molecule has 0 atom stereocenters. The SMILES string of the molecule is Cc1cccc(CN2CCN(C(=O)Cn3cnc4c(Cl)cc(Cl)cc4c3=O)CC2)c1. The van der Waals surface area contributed by atoms with Gasteiger partial charge in [0.05, 0.1) is 22.3 Å². The van der Waals surface area contributed by atoms with Crippen LogP contribution in [0.3, 0.4) is 0 Å². The van der Waals surface area contributed by atoms with Crippen LogP contribution in [0.25, 0.3) is 10.9 Å². The fourth-order valence-corrected chi connectivity index (χ4v) is 4.32. The van der Waals surface area contributed by atoms with Gasteiger partial charge in [-0.25, -0.2) is 4.98 Å². The number of halogens is 2. The van der Waals surface area contributed by atoms with E-state index >= 15 is 0 Å². The van der Waals surface area contributed by atoms with Gasteiger partial charge in [0, 0.05) is 37.7 Å². The lowest BCUT2D eigenvalue weighted by Crippen LogP contribution is -2.49. The minimum atomic E-state index is -0.323. The van der Waals surface area contributed by atoms with Crippen molar-refractivity contribution in [3.8, 4) is 0 Å². The lowest BCUT2D eigenvalue weighted by Gasteiger charge is -2.35. The van der Waals surface area contributed by atoms with Gasteiger partial charge in [0.25, 0.3) is 5.56 Å². The predicted molar refractivity (Wildman–Crippen MR) is 119 cm³/mol. The molecule has 4 rings (SSSR count). The van der Waals surface area contributed by atoms with Crippen molar-refractivity contribution in [3.63, 3.8) is 0 Å². The molecule has 0 saturated carbocycles. The van der Waals surface area contributed by atoms with E-state index in [4.69, 9.17) is 23.2 Å². The average molecular weight is 445 g/mol. The summed E-state index contributed by atoms with van der Waals surface area (Å²) in [4.78, 5) is 33.9. The van der Waals surface area contributed by atoms with E-state index in [1.807, 2.05) is 0 Å². The molecule has 3 aromatic rings. The van der Waals surface area contributed by atoms with Crippen molar-refractivity contribution in [1.82, 2.24) is 19.4 Å². The zero-order valence-corrected chi connectivity index (χ0v) is 18.2. The molecule has 1 aliphatic heterocycles. The summed E-state index contributed by atoms with van der Waals surface area (Å²) in [7, 11) is 0. The second kappa shape index (κ2) is 8.76. The van der Waals surface area contributed by atoms with Gasteiger partial charge in [-0.2, -0.15) is 0 Å². The first kappa shape index (κ1) is 20.8. The molecule has 0 radical (unpaired) electrons. The highest BCUT2D eigenvalue weighted by atomic mass is 35.5. The number of piperazine rings is 1. The highest BCUT2D eigenvalue weighted by molar-refractivity contribution is 6.38. The maximum Gasteiger partial charge on any atom is 0.261 e. The molecule has 6 nitrogen and oxygen atoms in total. The van der Waals surface area contributed by atoms with Crippen molar-refractivity contribution >= 4 is 40.0 Å². The Kier molecular flexibility index (Phi) is 6.09. The summed E-state index contributed by atoms with van der Waals surface area (Å²) < 4.78 is 1.32. The first-order chi connectivity index (χ1) is 14.4. The van der Waals surface area contributed by atoms with E-state index in [1.54, 1.807) is 11.0 Å². The highest BCUT2D eigenvalue weighted by Crippen LogP contribution is 2.24. The van der Waals surface area contributed by atoms with Crippen LogP contribution in [0.5, 0.6) is 0 Å². The molecule has 0 N–H and O–H groups in total. The summed E-state index contributed by atoms with van der Waals surface area (Å²) in [6.07, 6.45) is 1.37. The van der Waals surface area contributed by atoms with Crippen LogP contribution in [0.4, 0.5) is 0 Å². The normalized spacial score (nSPS) is 15.0. The van der Waals surface area contributed by atoms with Crippen molar-refractivity contribution in [3.05, 3.63) is 74.3 Å². The highest BCUT2D eigenvalue weighted by Gasteiger charge is 2.22. The van der Waals surface area contributed by atoms with Gasteiger partial charge in [0.15, 0.2) is 0 Å². The Balaban J connectivity index is 1.40. The number of amides is 1. The molecule has 0 bridgehead atoms. The van der Waals surface area contributed by atoms with Gasteiger partial charge in [-0.3, -0.25) is 19.1 Å². The lowest BCUT2D eigenvalue weighted by atomic mass is 10.1. The summed E-state index contributed by atoms with van der Waals surface area (Å²) >= 11 is 12.1. The van der Waals surface area contributed by atoms with Crippen LogP contribution in [-0.4, -0.2) is 51.4 Å². The van der Waals surface area contributed by atoms with E-state index in [0.717, 1.165) is 19.6 Å². The molecule has 2 aromatic carbocycles. The zero-order chi connectivity index (χ0) is 21.3. The Labute approximate surface area is 184 Å². The van der Waals surface area contributed by atoms with Crippen LogP contribution in [0.15, 0.2) is 47.5 Å². The van der Waals surface area contributed by atoms with E-state index in [-0.39, 0.29) is 18.0 Å². The van der Waals surface area contributed by atoms with Crippen molar-refractivity contribution in [2.45, 2.75) is 20.0 Å². The molecule has 0 aliphatic carbocycles. The first-order valence-corrected chi connectivity index (χ1v) is 10.6. The van der Waals surface area contributed by atoms with E-state index in [9.17, 15) is 9.59 Å². The van der Waals surface area contributed by atoms with Gasteiger partial charge in [0.2, 0.25) is 5.91 Å². The van der Waals surface area contributed by atoms with Crippen molar-refractivity contribution in [1.29, 1.82) is 0 Å². The van der Waals surface area contributed by atoms with E-state index < -0.39 is 0 Å². The smallest absolute Gasteiger partial charge is 0.261 e. The molecule has 0 spiro atoms. The van der Waals surface area contributed by atoms with E-state index in [1.165, 1.54) is 28.1 Å². The Morgan fingerprint density at radius 2 is 1.87 bits per heavy atom. The molecule has 1 aliphatic rings. The Morgan fingerprint density at radius 3 is 2.60 bits per heavy atom. The van der Waals surface area contributed by atoms with Crippen LogP contribution in [-0.2, 0) is 17.9 Å². The number of aryl methyl sites for hydroxylation is 1. The summed E-state index contributed by atoms with van der Waals surface area (Å²) in [5.41, 5.74) is 2.59. The fraction of sp³-hybridized carbons (Fsp3) is 0.318. The monoisotopic (exact) mass is 444 g/mol. The van der Waals surface area contributed by atoms with Crippen LogP contribution in [0.2, 0.25) is 10.0 Å². The zero-order valence-electron chi connectivity index (χ0n) is 16.6. The third-order valence-corrected chi connectivity index (χ3v) is 5.87. The molecule has 2 heterocycles. The molecule has 1 aromatic heterocycles. The third-order valence-electron chi connectivity index (χ3n) is 5.36. The number of hydrogen-bond donors (Lipinski definition) is 0. The Hall–Kier alpha value is -2.41. The molecule has 30 heavy (non-hydrogen) atoms. The van der Waals surface area contributed by atoms with Crippen LogP contribution in [0.1, 0.15) is 11.1 Å². The molecule has 1 fully saturated rings. The topological polar surface area (TPSA) is 58.4 Å². The maximum absolute atomic E-state index is 12.8. The molecular formula is C22H22Cl2N4O2. The van der Waals surface area contributed by atoms with Gasteiger partial charge in [-0.1, -0.05) is 53.0 Å². The summed E-state index contributed by atoms with van der Waals surface area (Å²) in [5.74, 6) is -0.0958. The average Bonchev–Trinajstić information content (AvgIpc) is 2.71. The van der Waals surface area contributed by atoms with Crippen LogP contribution in [0, 0.1) is 6.92 Å². The standard InChI is InChI=1S/C22H22Cl2N4O2/c1-15-3-2-4-16(9-15)12-26-5-7-27(8-6-26)20(29)13-28-14-25-21-18(22(28)30)10-17(23)11-19(21)24/h2-4,9-11,14H,5-8,12-13H2,1H3. The minimum Gasteiger partial charge on any atom is -0.339 e. The number of benzene rings is 2. The van der Waals surface area contributed by atoms with Crippen LogP contribution >= 0.6 is 23.2 Å². The van der Waals surface area contributed by atoms with Gasteiger partial charge in [-0.15, -0.1) is 0 Å². The number of carbonyl (C=O) groups is 1. The summed E-state index contributed by atoms with van der Waals surface area (Å²) in [6.45, 7) is 5.79. The quantitative estimate of drug-likeness (QED) is 0.618. The second-order valence-electron chi connectivity index (χ2n) is 7.61. The Morgan fingerprint density at radius 1 is 1.10 bits per heavy atom. The predicted octanol–water partition coefficient (Wildman–Crippen LogP) is 3.36. The first-order valence-electron chi connectivity index (χ1n) is 9.80. The van der Waals surface area contributed by atoms with E-state index in [0.29, 0.717) is 34.0 Å². The lowest BCUT2D eigenvalue weighted by molar-refractivity contribution is -0.133. The molecule has 1 amide bonds. The van der Waals surface area contributed by atoms with Crippen molar-refractivity contribution < 1.29 is 4.79 Å². The third kappa shape index (κ3) is 4.51. The number of hydrogen-bond acceptors (Lipinski definition) is 4. The Bertz CT molecular complexity index is 1150. The number of nitrogens with zero attached hydrogens (tertiary/aromatic N) is 4. The van der Waals surface area contributed by atoms with Gasteiger partial charge in [-0.05, 0) is 24.6 Å². The van der Waals surface area contributed by atoms with Gasteiger partial charge >= 0.3 is 0 Å². The fourth-order valence-electron chi connectivity index (χ4n) is 3.78. The molecule has 1 saturated heterocycles. The molecular weight excluding hydrogens is 423 g/mol. The van der Waals surface area contributed by atoms with E-state index in [2.05, 4.69) is 41.1 Å². The minimum absolute atomic E-state index is 0.0518. The molecule has 8 heteroatoms. The van der Waals surface area contributed by atoms with Crippen molar-refractivity contribution in [2.24, 2.45) is 0 Å². The second-order valence-corrected chi connectivity index (χ2v) is 8.45. The van der Waals surface area contributed by atoms with Gasteiger partial charge < -0.3 is 4.90 Å². The molecule has 0 unspecified atom stereocenters. The van der Waals surface area contributed by atoms with Crippen molar-refractivity contribution in [2.75, 3.05) is 26.2 Å². The summed E-state index contributed by atoms with van der Waals surface area (Å²) in [6, 6.07) is 11.6. The number of aromatic nitrogens is 2. The molecule has 156 valence electrons. The van der Waals surface area contributed by atoms with Gasteiger partial charge in [0.1, 0.15) is 6.54 Å². The maximum atomic E-state index is 12.8. The summed E-state index contributed by atoms with van der Waals surface area (Å²) in [5, 5.41) is 0.990. The number of carbonyl (C=O) groups excluding carboxylic acids is 1. The number of fused-ring (bicyclic) bond motifs is 1. The van der Waals surface area contributed by atoms with Crippen LogP contribution < -0.4 is 5.56 Å². The number of rotatable bonds is 4. The largest absolute Gasteiger partial charge is 0.339 e.